The zero-order chi connectivity index (χ0) is 15.6. The Morgan fingerprint density at radius 3 is 3.13 bits per heavy atom. The Labute approximate surface area is 138 Å². The van der Waals surface area contributed by atoms with Crippen molar-refractivity contribution in [2.24, 2.45) is 0 Å². The number of fused-ring (bicyclic) bond motifs is 3. The molecule has 1 fully saturated rings. The van der Waals surface area contributed by atoms with Crippen molar-refractivity contribution >= 4 is 5.69 Å². The van der Waals surface area contributed by atoms with Gasteiger partial charge in [-0.1, -0.05) is 23.8 Å². The first kappa shape index (κ1) is 14.7. The van der Waals surface area contributed by atoms with E-state index in [0.717, 1.165) is 26.1 Å². The fraction of sp³-hybridized carbons (Fsp3) is 0.450. The molecular formula is C20H25N3. The maximum absolute atomic E-state index is 4.25. The maximum Gasteiger partial charge on any atom is 0.0405 e. The molecule has 4 rings (SSSR count). The zero-order valence-electron chi connectivity index (χ0n) is 13.8. The van der Waals surface area contributed by atoms with Crippen molar-refractivity contribution < 1.29 is 0 Å². The normalized spacial score (nSPS) is 23.3. The Morgan fingerprint density at radius 2 is 2.26 bits per heavy atom. The summed E-state index contributed by atoms with van der Waals surface area (Å²) in [6, 6.07) is 11.9. The summed E-state index contributed by atoms with van der Waals surface area (Å²) in [6.45, 7) is 5.57. The summed E-state index contributed by atoms with van der Waals surface area (Å²) in [6.07, 6.45) is 7.48. The van der Waals surface area contributed by atoms with Crippen LogP contribution in [-0.4, -0.2) is 30.7 Å². The molecule has 3 heterocycles. The largest absolute Gasteiger partial charge is 0.367 e. The molecule has 3 nitrogen and oxygen atoms in total. The summed E-state index contributed by atoms with van der Waals surface area (Å²) in [5, 5.41) is 3.64. The highest BCUT2D eigenvalue weighted by Crippen LogP contribution is 2.43. The third-order valence-electron chi connectivity index (χ3n) is 5.34. The van der Waals surface area contributed by atoms with E-state index in [1.807, 2.05) is 18.5 Å². The molecule has 2 aliphatic rings. The van der Waals surface area contributed by atoms with Gasteiger partial charge in [-0.15, -0.1) is 0 Å². The van der Waals surface area contributed by atoms with Gasteiger partial charge in [0.2, 0.25) is 0 Å². The van der Waals surface area contributed by atoms with E-state index in [4.69, 9.17) is 0 Å². The highest BCUT2D eigenvalue weighted by Gasteiger charge is 2.38. The summed E-state index contributed by atoms with van der Waals surface area (Å²) < 4.78 is 0. The lowest BCUT2D eigenvalue weighted by Gasteiger charge is -2.29. The SMILES string of the molecule is Cc1ccc2c(c1)[C@@H]1CNCCC[C@@H]1N2CCc1cccnc1. The highest BCUT2D eigenvalue weighted by atomic mass is 15.2. The second-order valence-corrected chi connectivity index (χ2v) is 6.89. The fourth-order valence-corrected chi connectivity index (χ4v) is 4.21. The molecule has 0 aliphatic carbocycles. The van der Waals surface area contributed by atoms with Gasteiger partial charge < -0.3 is 10.2 Å². The van der Waals surface area contributed by atoms with Gasteiger partial charge in [-0.2, -0.15) is 0 Å². The van der Waals surface area contributed by atoms with E-state index in [1.54, 1.807) is 5.56 Å². The monoisotopic (exact) mass is 307 g/mol. The van der Waals surface area contributed by atoms with Crippen LogP contribution in [0.25, 0.3) is 0 Å². The van der Waals surface area contributed by atoms with Crippen molar-refractivity contribution in [1.82, 2.24) is 10.3 Å². The van der Waals surface area contributed by atoms with Crippen LogP contribution in [0, 0.1) is 6.92 Å². The molecule has 1 N–H and O–H groups in total. The number of aromatic nitrogens is 1. The highest BCUT2D eigenvalue weighted by molar-refractivity contribution is 5.63. The summed E-state index contributed by atoms with van der Waals surface area (Å²) in [5.74, 6) is 0.640. The maximum atomic E-state index is 4.25. The average molecular weight is 307 g/mol. The lowest BCUT2D eigenvalue weighted by molar-refractivity contribution is 0.512. The number of nitrogens with one attached hydrogen (secondary N) is 1. The second kappa shape index (κ2) is 6.32. The predicted molar refractivity (Wildman–Crippen MR) is 95.1 cm³/mol. The van der Waals surface area contributed by atoms with Gasteiger partial charge >= 0.3 is 0 Å². The van der Waals surface area contributed by atoms with Crippen molar-refractivity contribution in [3.8, 4) is 0 Å². The number of pyridine rings is 1. The molecule has 0 radical (unpaired) electrons. The Balaban J connectivity index is 1.62. The van der Waals surface area contributed by atoms with E-state index in [2.05, 4.69) is 46.4 Å². The van der Waals surface area contributed by atoms with Gasteiger partial charge in [-0.25, -0.2) is 0 Å². The lowest BCUT2D eigenvalue weighted by atomic mass is 9.92. The first-order valence-corrected chi connectivity index (χ1v) is 8.80. The van der Waals surface area contributed by atoms with Gasteiger partial charge in [0, 0.05) is 43.1 Å². The predicted octanol–water partition coefficient (Wildman–Crippen LogP) is 3.29. The van der Waals surface area contributed by atoms with Crippen LogP contribution in [0.2, 0.25) is 0 Å². The summed E-state index contributed by atoms with van der Waals surface area (Å²) >= 11 is 0. The van der Waals surface area contributed by atoms with Crippen LogP contribution < -0.4 is 10.2 Å². The third kappa shape index (κ3) is 2.86. The topological polar surface area (TPSA) is 28.2 Å². The van der Waals surface area contributed by atoms with Gasteiger partial charge in [0.05, 0.1) is 0 Å². The molecule has 1 aromatic carbocycles. The van der Waals surface area contributed by atoms with Crippen LogP contribution in [-0.2, 0) is 6.42 Å². The summed E-state index contributed by atoms with van der Waals surface area (Å²) in [4.78, 5) is 6.92. The van der Waals surface area contributed by atoms with Gasteiger partial charge in [-0.05, 0) is 56.0 Å². The van der Waals surface area contributed by atoms with Crippen molar-refractivity contribution in [2.45, 2.75) is 38.1 Å². The first-order chi connectivity index (χ1) is 11.3. The van der Waals surface area contributed by atoms with Crippen LogP contribution in [0.4, 0.5) is 5.69 Å². The van der Waals surface area contributed by atoms with E-state index in [1.165, 1.54) is 29.7 Å². The molecule has 0 amide bonds. The average Bonchev–Trinajstić information content (AvgIpc) is 2.73. The van der Waals surface area contributed by atoms with Crippen LogP contribution in [0.1, 0.15) is 35.4 Å². The third-order valence-corrected chi connectivity index (χ3v) is 5.34. The van der Waals surface area contributed by atoms with Crippen molar-refractivity contribution in [3.05, 3.63) is 59.4 Å². The van der Waals surface area contributed by atoms with Crippen molar-refractivity contribution in [1.29, 1.82) is 0 Å². The molecule has 3 heteroatoms. The van der Waals surface area contributed by atoms with E-state index in [-0.39, 0.29) is 0 Å². The number of nitrogens with zero attached hydrogens (tertiary/aromatic N) is 2. The number of aryl methyl sites for hydroxylation is 1. The number of hydrogen-bond donors (Lipinski definition) is 1. The molecule has 0 unspecified atom stereocenters. The molecule has 0 spiro atoms. The molecule has 2 aliphatic heterocycles. The minimum absolute atomic E-state index is 0.640. The molecule has 2 atom stereocenters. The molecule has 1 saturated heterocycles. The number of hydrogen-bond acceptors (Lipinski definition) is 3. The lowest BCUT2D eigenvalue weighted by Crippen LogP contribution is -2.36. The zero-order valence-corrected chi connectivity index (χ0v) is 13.8. The minimum Gasteiger partial charge on any atom is -0.367 e. The van der Waals surface area contributed by atoms with E-state index in [9.17, 15) is 0 Å². The Bertz CT molecular complexity index is 668. The molecule has 23 heavy (non-hydrogen) atoms. The van der Waals surface area contributed by atoms with E-state index >= 15 is 0 Å². The smallest absolute Gasteiger partial charge is 0.0405 e. The van der Waals surface area contributed by atoms with Crippen LogP contribution >= 0.6 is 0 Å². The van der Waals surface area contributed by atoms with Crippen LogP contribution in [0.3, 0.4) is 0 Å². The number of rotatable bonds is 3. The van der Waals surface area contributed by atoms with Crippen molar-refractivity contribution in [2.75, 3.05) is 24.5 Å². The molecule has 120 valence electrons. The minimum atomic E-state index is 0.640. The van der Waals surface area contributed by atoms with Crippen LogP contribution in [0.5, 0.6) is 0 Å². The van der Waals surface area contributed by atoms with Gasteiger partial charge in [0.1, 0.15) is 0 Å². The van der Waals surface area contributed by atoms with E-state index in [0.29, 0.717) is 12.0 Å². The quantitative estimate of drug-likeness (QED) is 0.943. The van der Waals surface area contributed by atoms with Gasteiger partial charge in [-0.3, -0.25) is 4.98 Å². The van der Waals surface area contributed by atoms with Gasteiger partial charge in [0.25, 0.3) is 0 Å². The number of anilines is 1. The second-order valence-electron chi connectivity index (χ2n) is 6.89. The Morgan fingerprint density at radius 1 is 1.30 bits per heavy atom. The molecule has 1 aromatic heterocycles. The van der Waals surface area contributed by atoms with E-state index < -0.39 is 0 Å². The number of benzene rings is 1. The molecule has 0 saturated carbocycles. The summed E-state index contributed by atoms with van der Waals surface area (Å²) in [5.41, 5.74) is 5.71. The van der Waals surface area contributed by atoms with Crippen LogP contribution in [0.15, 0.2) is 42.7 Å². The molecule has 2 aromatic rings. The van der Waals surface area contributed by atoms with Crippen molar-refractivity contribution in [3.63, 3.8) is 0 Å². The standard InChI is InChI=1S/C20H25N3/c1-15-6-7-20-17(12-15)18-14-22-10-3-5-19(18)23(20)11-8-16-4-2-9-21-13-16/h2,4,6-7,9,12-13,18-19,22H,3,5,8,10-11,14H2,1H3/t18-,19-/m0/s1. The molecular weight excluding hydrogens is 282 g/mol. The fourth-order valence-electron chi connectivity index (χ4n) is 4.21. The summed E-state index contributed by atoms with van der Waals surface area (Å²) in [7, 11) is 0. The first-order valence-electron chi connectivity index (χ1n) is 8.80. The van der Waals surface area contributed by atoms with Gasteiger partial charge in [0.15, 0.2) is 0 Å². The Hall–Kier alpha value is -1.87. The Kier molecular flexibility index (Phi) is 4.04. The molecule has 0 bridgehead atoms.